The van der Waals surface area contributed by atoms with E-state index in [1.54, 1.807) is 18.2 Å². The smallest absolute Gasteiger partial charge is 0.462 e. The third kappa shape index (κ3) is 35.3. The number of allylic oxidation sites excluding steroid dienone is 17. The first-order chi connectivity index (χ1) is 31.2. The van der Waals surface area contributed by atoms with Gasteiger partial charge in [-0.15, -0.1) is 0 Å². The predicted molar refractivity (Wildman–Crippen MR) is 252 cm³/mol. The fraction of sp³-hybridized carbons (Fsp3) is 0.562. The SMILES string of the molecule is CC/C=C\C/C=C\C/C=C\C/C=C\C/C=C\C/C=C\CCC(=O)O[C@H](COC(=O)CCC/C=C\C[C@H]1C=CC(=O)[C@@H]1/C=C/[C@@H](O)CCCCC)COP(=O)(O)OC[C@@H](O)COP(=O)(O)O. The molecule has 0 aliphatic heterocycles. The minimum Gasteiger partial charge on any atom is -0.462 e. The van der Waals surface area contributed by atoms with Crippen molar-refractivity contribution >= 4 is 33.4 Å². The lowest BCUT2D eigenvalue weighted by atomic mass is 9.90. The Morgan fingerprint density at radius 3 is 1.85 bits per heavy atom. The molecule has 0 radical (unpaired) electrons. The van der Waals surface area contributed by atoms with E-state index < -0.39 is 72.3 Å². The van der Waals surface area contributed by atoms with Crippen molar-refractivity contribution in [1.29, 1.82) is 0 Å². The summed E-state index contributed by atoms with van der Waals surface area (Å²) in [4.78, 5) is 65.3. The van der Waals surface area contributed by atoms with Crippen molar-refractivity contribution in [2.24, 2.45) is 11.8 Å². The van der Waals surface area contributed by atoms with E-state index in [9.17, 15) is 38.6 Å². The summed E-state index contributed by atoms with van der Waals surface area (Å²) in [5, 5.41) is 20.0. The van der Waals surface area contributed by atoms with Gasteiger partial charge in [0.15, 0.2) is 11.9 Å². The Labute approximate surface area is 386 Å². The quantitative estimate of drug-likeness (QED) is 0.0168. The summed E-state index contributed by atoms with van der Waals surface area (Å²) >= 11 is 0. The van der Waals surface area contributed by atoms with E-state index in [0.29, 0.717) is 38.5 Å². The van der Waals surface area contributed by atoms with Crippen molar-refractivity contribution in [1.82, 2.24) is 0 Å². The molecule has 0 fully saturated rings. The van der Waals surface area contributed by atoms with Crippen LogP contribution in [0.5, 0.6) is 0 Å². The number of hydrogen-bond acceptors (Lipinski definition) is 12. The van der Waals surface area contributed by atoms with E-state index >= 15 is 0 Å². The van der Waals surface area contributed by atoms with Crippen molar-refractivity contribution in [2.75, 3.05) is 26.4 Å². The van der Waals surface area contributed by atoms with Crippen LogP contribution in [0.3, 0.4) is 0 Å². The van der Waals surface area contributed by atoms with Gasteiger partial charge in [0.2, 0.25) is 0 Å². The number of carbonyl (C=O) groups excluding carboxylic acids is 3. The Bertz CT molecular complexity index is 1700. The van der Waals surface area contributed by atoms with Gasteiger partial charge in [0.05, 0.1) is 25.9 Å². The highest BCUT2D eigenvalue weighted by molar-refractivity contribution is 7.47. The summed E-state index contributed by atoms with van der Waals surface area (Å²) in [5.74, 6) is -1.64. The molecule has 1 unspecified atom stereocenters. The average molecular weight is 953 g/mol. The zero-order valence-corrected chi connectivity index (χ0v) is 39.9. The Balaban J connectivity index is 2.58. The lowest BCUT2D eigenvalue weighted by Gasteiger charge is -2.20. The normalized spacial score (nSPS) is 18.5. The molecule has 17 heteroatoms. The minimum atomic E-state index is -4.90. The van der Waals surface area contributed by atoms with E-state index in [0.717, 1.165) is 51.4 Å². The molecule has 1 aliphatic carbocycles. The topological polar surface area (TPSA) is 233 Å². The first kappa shape index (κ1) is 59.4. The number of carbonyl (C=O) groups is 3. The molecule has 1 aliphatic rings. The van der Waals surface area contributed by atoms with Gasteiger partial charge in [-0.2, -0.15) is 0 Å². The summed E-state index contributed by atoms with van der Waals surface area (Å²) in [6.45, 7) is 1.21. The summed E-state index contributed by atoms with van der Waals surface area (Å²) < 4.78 is 47.7. The molecule has 1 rings (SSSR count). The van der Waals surface area contributed by atoms with Gasteiger partial charge in [0, 0.05) is 18.8 Å². The van der Waals surface area contributed by atoms with Gasteiger partial charge in [0.25, 0.3) is 0 Å². The second-order valence-electron chi connectivity index (χ2n) is 15.2. The number of phosphoric acid groups is 2. The third-order valence-electron chi connectivity index (χ3n) is 9.40. The average Bonchev–Trinajstić information content (AvgIpc) is 3.62. The van der Waals surface area contributed by atoms with E-state index in [1.165, 1.54) is 0 Å². The molecule has 5 N–H and O–H groups in total. The molecule has 6 atom stereocenters. The van der Waals surface area contributed by atoms with E-state index in [4.69, 9.17) is 23.8 Å². The Morgan fingerprint density at radius 2 is 1.25 bits per heavy atom. The lowest BCUT2D eigenvalue weighted by Crippen LogP contribution is -2.29. The summed E-state index contributed by atoms with van der Waals surface area (Å²) in [7, 11) is -9.79. The summed E-state index contributed by atoms with van der Waals surface area (Å²) in [5.41, 5.74) is 0. The Kier molecular flexibility index (Phi) is 34.3. The number of hydrogen-bond donors (Lipinski definition) is 5. The van der Waals surface area contributed by atoms with Crippen LogP contribution in [0.2, 0.25) is 0 Å². The molecule has 0 saturated heterocycles. The Morgan fingerprint density at radius 1 is 0.677 bits per heavy atom. The molecule has 366 valence electrons. The van der Waals surface area contributed by atoms with Gasteiger partial charge in [-0.05, 0) is 82.6 Å². The van der Waals surface area contributed by atoms with Gasteiger partial charge in [0.1, 0.15) is 12.7 Å². The standard InChI is InChI=1S/C48H74O15P2/c1-3-5-7-8-9-10-11-12-13-14-15-16-17-18-19-20-21-22-28-32-48(53)63-44(40-62-65(57,58)61-38-43(50)37-60-64(54,55)56)39-59-47(52)31-27-24-23-26-29-41-33-36-46(51)45(41)35-34-42(49)30-25-6-4-2/h5,7,9-10,12-13,15-16,18-19,21-23,26,33-36,41-45,49-50H,3-4,6,8,11,14,17,20,24-25,27-32,37-40H2,1-2H3,(H,57,58)(H2,54,55,56)/b7-5-,10-9-,13-12-,16-15-,19-18-,22-21-,26-23-,35-34+/t41-,42-,43-,44+,45+/m0/s1. The van der Waals surface area contributed by atoms with Crippen molar-refractivity contribution in [3.8, 4) is 0 Å². The highest BCUT2D eigenvalue weighted by atomic mass is 31.2. The van der Waals surface area contributed by atoms with Crippen LogP contribution < -0.4 is 0 Å². The molecule has 0 aromatic carbocycles. The second-order valence-corrected chi connectivity index (χ2v) is 17.9. The van der Waals surface area contributed by atoms with Crippen molar-refractivity contribution in [3.05, 3.63) is 109 Å². The van der Waals surface area contributed by atoms with E-state index in [2.05, 4.69) is 71.5 Å². The molecular weight excluding hydrogens is 878 g/mol. The van der Waals surface area contributed by atoms with Gasteiger partial charge < -0.3 is 34.4 Å². The second kappa shape index (κ2) is 37.5. The number of aliphatic hydroxyl groups excluding tert-OH is 2. The molecule has 0 heterocycles. The number of aliphatic hydroxyl groups is 2. The predicted octanol–water partition coefficient (Wildman–Crippen LogP) is 9.51. The maximum absolute atomic E-state index is 12.7. The van der Waals surface area contributed by atoms with Crippen LogP contribution in [0.1, 0.15) is 117 Å². The Hall–Kier alpha value is -3.59. The highest BCUT2D eigenvalue weighted by Gasteiger charge is 2.29. The van der Waals surface area contributed by atoms with Crippen LogP contribution in [0, 0.1) is 11.8 Å². The zero-order chi connectivity index (χ0) is 48.0. The highest BCUT2D eigenvalue weighted by Crippen LogP contribution is 2.44. The molecule has 0 aromatic rings. The molecule has 0 spiro atoms. The van der Waals surface area contributed by atoms with Crippen molar-refractivity contribution in [2.45, 2.75) is 135 Å². The first-order valence-electron chi connectivity index (χ1n) is 22.6. The fourth-order valence-corrected chi connectivity index (χ4v) is 7.05. The molecular formula is C48H74O15P2. The van der Waals surface area contributed by atoms with Gasteiger partial charge >= 0.3 is 27.6 Å². The molecule has 0 aromatic heterocycles. The van der Waals surface area contributed by atoms with Gasteiger partial charge in [-0.1, -0.05) is 136 Å². The number of ketones is 1. The van der Waals surface area contributed by atoms with E-state index in [1.807, 2.05) is 42.5 Å². The summed E-state index contributed by atoms with van der Waals surface area (Å²) in [6, 6.07) is 0. The number of esters is 2. The third-order valence-corrected chi connectivity index (χ3v) is 10.8. The molecule has 0 saturated carbocycles. The molecule has 0 amide bonds. The lowest BCUT2D eigenvalue weighted by molar-refractivity contribution is -0.161. The van der Waals surface area contributed by atoms with Crippen molar-refractivity contribution in [3.63, 3.8) is 0 Å². The number of ether oxygens (including phenoxy) is 2. The fourth-order valence-electron chi connectivity index (χ4n) is 5.89. The van der Waals surface area contributed by atoms with Crippen LogP contribution in [0.25, 0.3) is 0 Å². The number of rotatable bonds is 38. The minimum absolute atomic E-state index is 0.00158. The van der Waals surface area contributed by atoms with Crippen LogP contribution in [0.4, 0.5) is 0 Å². The van der Waals surface area contributed by atoms with Crippen LogP contribution in [0.15, 0.2) is 109 Å². The maximum Gasteiger partial charge on any atom is 0.472 e. The zero-order valence-electron chi connectivity index (χ0n) is 38.1. The van der Waals surface area contributed by atoms with Crippen molar-refractivity contribution < 1.29 is 71.5 Å². The number of unbranched alkanes of at least 4 members (excludes halogenated alkanes) is 3. The first-order valence-corrected chi connectivity index (χ1v) is 25.7. The monoisotopic (exact) mass is 952 g/mol. The van der Waals surface area contributed by atoms with Gasteiger partial charge in [-0.3, -0.25) is 28.0 Å². The van der Waals surface area contributed by atoms with Crippen LogP contribution >= 0.6 is 15.6 Å². The van der Waals surface area contributed by atoms with Gasteiger partial charge in [-0.25, -0.2) is 9.13 Å². The molecule has 0 bridgehead atoms. The molecule has 65 heavy (non-hydrogen) atoms. The van der Waals surface area contributed by atoms with Crippen LogP contribution in [-0.2, 0) is 46.6 Å². The number of phosphoric ester groups is 2. The maximum atomic E-state index is 12.7. The van der Waals surface area contributed by atoms with E-state index in [-0.39, 0.29) is 30.5 Å². The largest absolute Gasteiger partial charge is 0.472 e. The summed E-state index contributed by atoms with van der Waals surface area (Å²) in [6.07, 6.45) is 43.0. The van der Waals surface area contributed by atoms with Crippen LogP contribution in [-0.4, -0.2) is 87.4 Å². The molecule has 15 nitrogen and oxygen atoms in total.